The van der Waals surface area contributed by atoms with Crippen LogP contribution in [0.5, 0.6) is 11.6 Å². The van der Waals surface area contributed by atoms with Crippen LogP contribution < -0.4 is 10.5 Å². The van der Waals surface area contributed by atoms with Crippen LogP contribution in [-0.2, 0) is 6.54 Å². The number of hydrogen-bond donors (Lipinski definition) is 1. The van der Waals surface area contributed by atoms with E-state index < -0.39 is 4.92 Å². The first-order valence-electron chi connectivity index (χ1n) is 5.68. The Hall–Kier alpha value is -2.47. The lowest BCUT2D eigenvalue weighted by molar-refractivity contribution is -0.384. The normalized spacial score (nSPS) is 10.2. The first kappa shape index (κ1) is 13.0. The number of nitrogens with two attached hydrogens (primary N) is 1. The summed E-state index contributed by atoms with van der Waals surface area (Å²) in [4.78, 5) is 14.3. The zero-order valence-corrected chi connectivity index (χ0v) is 10.4. The van der Waals surface area contributed by atoms with Gasteiger partial charge in [0.1, 0.15) is 5.75 Å². The van der Waals surface area contributed by atoms with Crippen molar-refractivity contribution >= 4 is 5.69 Å². The van der Waals surface area contributed by atoms with Gasteiger partial charge in [0.2, 0.25) is 5.88 Å². The van der Waals surface area contributed by atoms with Crippen molar-refractivity contribution in [2.45, 2.75) is 13.5 Å². The first-order chi connectivity index (χ1) is 9.11. The maximum Gasteiger partial charge on any atom is 0.269 e. The smallest absolute Gasteiger partial charge is 0.269 e. The number of pyridine rings is 1. The van der Waals surface area contributed by atoms with Crippen molar-refractivity contribution in [2.24, 2.45) is 5.73 Å². The molecule has 0 amide bonds. The highest BCUT2D eigenvalue weighted by Gasteiger charge is 2.11. The van der Waals surface area contributed by atoms with E-state index in [-0.39, 0.29) is 5.69 Å². The molecule has 2 aromatic rings. The van der Waals surface area contributed by atoms with Gasteiger partial charge in [-0.15, -0.1) is 0 Å². The molecule has 0 atom stereocenters. The molecule has 6 nitrogen and oxygen atoms in total. The van der Waals surface area contributed by atoms with Crippen molar-refractivity contribution in [2.75, 3.05) is 0 Å². The van der Waals surface area contributed by atoms with E-state index in [4.69, 9.17) is 10.5 Å². The minimum Gasteiger partial charge on any atom is -0.438 e. The first-order valence-corrected chi connectivity index (χ1v) is 5.68. The molecule has 19 heavy (non-hydrogen) atoms. The highest BCUT2D eigenvalue weighted by molar-refractivity contribution is 5.44. The highest BCUT2D eigenvalue weighted by atomic mass is 16.6. The summed E-state index contributed by atoms with van der Waals surface area (Å²) in [7, 11) is 0. The Balaban J connectivity index is 2.31. The number of rotatable bonds is 4. The van der Waals surface area contributed by atoms with Crippen LogP contribution in [0.4, 0.5) is 5.69 Å². The van der Waals surface area contributed by atoms with Gasteiger partial charge in [-0.2, -0.15) is 0 Å². The van der Waals surface area contributed by atoms with Gasteiger partial charge in [0, 0.05) is 30.4 Å². The summed E-state index contributed by atoms with van der Waals surface area (Å²) in [5, 5.41) is 10.7. The second kappa shape index (κ2) is 5.45. The molecule has 0 aliphatic heterocycles. The number of nitro benzene ring substituents is 1. The Bertz CT molecular complexity index is 614. The summed E-state index contributed by atoms with van der Waals surface area (Å²) >= 11 is 0. The molecule has 98 valence electrons. The van der Waals surface area contributed by atoms with Crippen molar-refractivity contribution in [1.29, 1.82) is 0 Å². The summed E-state index contributed by atoms with van der Waals surface area (Å²) in [6.07, 6.45) is 1.61. The van der Waals surface area contributed by atoms with Gasteiger partial charge in [0.15, 0.2) is 0 Å². The van der Waals surface area contributed by atoms with Gasteiger partial charge in [-0.1, -0.05) is 6.07 Å². The van der Waals surface area contributed by atoms with E-state index in [0.29, 0.717) is 23.7 Å². The second-order valence-electron chi connectivity index (χ2n) is 3.98. The summed E-state index contributed by atoms with van der Waals surface area (Å²) in [6, 6.07) is 8.01. The van der Waals surface area contributed by atoms with E-state index in [2.05, 4.69) is 4.98 Å². The maximum atomic E-state index is 10.7. The number of nitrogens with zero attached hydrogens (tertiary/aromatic N) is 2. The number of hydrogen-bond acceptors (Lipinski definition) is 5. The summed E-state index contributed by atoms with van der Waals surface area (Å²) < 4.78 is 5.65. The van der Waals surface area contributed by atoms with Crippen LogP contribution in [-0.4, -0.2) is 9.91 Å². The zero-order valence-electron chi connectivity index (χ0n) is 10.4. The van der Waals surface area contributed by atoms with E-state index in [1.54, 1.807) is 25.3 Å². The van der Waals surface area contributed by atoms with E-state index in [0.717, 1.165) is 5.56 Å². The maximum absolute atomic E-state index is 10.7. The number of ether oxygens (including phenoxy) is 1. The van der Waals surface area contributed by atoms with Gasteiger partial charge in [0.25, 0.3) is 5.69 Å². The molecule has 0 fully saturated rings. The standard InChI is InChI=1S/C13H13N3O3/c1-9-7-11(16(17)18)4-5-12(9)19-13-10(8-14)3-2-6-15-13/h2-7H,8,14H2,1H3. The minimum atomic E-state index is -0.442. The number of aromatic nitrogens is 1. The van der Waals surface area contributed by atoms with E-state index in [9.17, 15) is 10.1 Å². The number of non-ortho nitro benzene ring substituents is 1. The van der Waals surface area contributed by atoms with Crippen LogP contribution in [0.2, 0.25) is 0 Å². The lowest BCUT2D eigenvalue weighted by Crippen LogP contribution is -2.01. The molecule has 2 rings (SSSR count). The molecule has 0 saturated carbocycles. The van der Waals surface area contributed by atoms with Crippen molar-refractivity contribution in [3.05, 3.63) is 57.8 Å². The predicted molar refractivity (Wildman–Crippen MR) is 70.0 cm³/mol. The topological polar surface area (TPSA) is 91.3 Å². The van der Waals surface area contributed by atoms with Crippen molar-refractivity contribution in [3.63, 3.8) is 0 Å². The Labute approximate surface area is 110 Å². The summed E-state index contributed by atoms with van der Waals surface area (Å²) in [5.41, 5.74) is 7.08. The van der Waals surface area contributed by atoms with Crippen LogP contribution in [0.3, 0.4) is 0 Å². The zero-order chi connectivity index (χ0) is 13.8. The van der Waals surface area contributed by atoms with Crippen LogP contribution >= 0.6 is 0 Å². The third-order valence-corrected chi connectivity index (χ3v) is 2.65. The largest absolute Gasteiger partial charge is 0.438 e. The Kier molecular flexibility index (Phi) is 3.72. The Morgan fingerprint density at radius 3 is 2.84 bits per heavy atom. The average Bonchev–Trinajstić information content (AvgIpc) is 2.41. The van der Waals surface area contributed by atoms with Gasteiger partial charge >= 0.3 is 0 Å². The fraction of sp³-hybridized carbons (Fsp3) is 0.154. The Morgan fingerprint density at radius 2 is 2.21 bits per heavy atom. The molecule has 0 unspecified atom stereocenters. The molecule has 0 aliphatic carbocycles. The third-order valence-electron chi connectivity index (χ3n) is 2.65. The van der Waals surface area contributed by atoms with Crippen molar-refractivity contribution in [1.82, 2.24) is 4.98 Å². The summed E-state index contributed by atoms with van der Waals surface area (Å²) in [5.74, 6) is 0.945. The van der Waals surface area contributed by atoms with Gasteiger partial charge in [-0.3, -0.25) is 10.1 Å². The van der Waals surface area contributed by atoms with Crippen molar-refractivity contribution < 1.29 is 9.66 Å². The molecule has 1 aromatic carbocycles. The third kappa shape index (κ3) is 2.86. The van der Waals surface area contributed by atoms with Gasteiger partial charge in [-0.05, 0) is 24.6 Å². The van der Waals surface area contributed by atoms with Crippen molar-refractivity contribution in [3.8, 4) is 11.6 Å². The van der Waals surface area contributed by atoms with Crippen LogP contribution in [0.15, 0.2) is 36.5 Å². The minimum absolute atomic E-state index is 0.0323. The molecule has 0 bridgehead atoms. The number of aryl methyl sites for hydroxylation is 1. The number of nitro groups is 1. The SMILES string of the molecule is Cc1cc([N+](=O)[O-])ccc1Oc1ncccc1CN. The molecule has 0 radical (unpaired) electrons. The predicted octanol–water partition coefficient (Wildman–Crippen LogP) is 2.55. The van der Waals surface area contributed by atoms with Crippen LogP contribution in [0.25, 0.3) is 0 Å². The molecule has 1 aromatic heterocycles. The summed E-state index contributed by atoms with van der Waals surface area (Å²) in [6.45, 7) is 2.06. The fourth-order valence-corrected chi connectivity index (χ4v) is 1.64. The van der Waals surface area contributed by atoms with Crippen LogP contribution in [0, 0.1) is 17.0 Å². The monoisotopic (exact) mass is 259 g/mol. The van der Waals surface area contributed by atoms with E-state index >= 15 is 0 Å². The van der Waals surface area contributed by atoms with Gasteiger partial charge < -0.3 is 10.5 Å². The Morgan fingerprint density at radius 1 is 1.42 bits per heavy atom. The van der Waals surface area contributed by atoms with Gasteiger partial charge in [0.05, 0.1) is 4.92 Å². The number of benzene rings is 1. The lowest BCUT2D eigenvalue weighted by Gasteiger charge is -2.10. The average molecular weight is 259 g/mol. The van der Waals surface area contributed by atoms with E-state index in [1.807, 2.05) is 6.07 Å². The van der Waals surface area contributed by atoms with Gasteiger partial charge in [-0.25, -0.2) is 4.98 Å². The molecule has 0 aliphatic rings. The molecule has 2 N–H and O–H groups in total. The molecular formula is C13H13N3O3. The fourth-order valence-electron chi connectivity index (χ4n) is 1.64. The molecule has 6 heteroatoms. The second-order valence-corrected chi connectivity index (χ2v) is 3.98. The molecule has 1 heterocycles. The molecule has 0 saturated heterocycles. The quantitative estimate of drug-likeness (QED) is 0.673. The van der Waals surface area contributed by atoms with Crippen LogP contribution in [0.1, 0.15) is 11.1 Å². The highest BCUT2D eigenvalue weighted by Crippen LogP contribution is 2.28. The molecule has 0 spiro atoms. The lowest BCUT2D eigenvalue weighted by atomic mass is 10.2. The van der Waals surface area contributed by atoms with E-state index in [1.165, 1.54) is 12.1 Å². The molecular weight excluding hydrogens is 246 g/mol.